The number of rotatable bonds is 5. The van der Waals surface area contributed by atoms with Crippen LogP contribution in [-0.2, 0) is 11.0 Å². The SMILES string of the molecule is CC(CC(=O)NCC1CCCN1)c1cccc(C(F)(F)F)c1. The molecule has 22 heavy (non-hydrogen) atoms. The Labute approximate surface area is 128 Å². The third-order valence-electron chi connectivity index (χ3n) is 3.98. The molecule has 0 bridgehead atoms. The van der Waals surface area contributed by atoms with Crippen LogP contribution in [0.3, 0.4) is 0 Å². The fourth-order valence-electron chi connectivity index (χ4n) is 2.66. The lowest BCUT2D eigenvalue weighted by molar-refractivity contribution is -0.137. The number of nitrogens with one attached hydrogen (secondary N) is 2. The highest BCUT2D eigenvalue weighted by Crippen LogP contribution is 2.31. The van der Waals surface area contributed by atoms with Gasteiger partial charge in [-0.05, 0) is 36.9 Å². The summed E-state index contributed by atoms with van der Waals surface area (Å²) in [5.74, 6) is -0.377. The summed E-state index contributed by atoms with van der Waals surface area (Å²) >= 11 is 0. The molecule has 2 N–H and O–H groups in total. The van der Waals surface area contributed by atoms with E-state index < -0.39 is 11.7 Å². The average molecular weight is 314 g/mol. The van der Waals surface area contributed by atoms with E-state index in [1.807, 2.05) is 0 Å². The lowest BCUT2D eigenvalue weighted by Gasteiger charge is -2.16. The molecule has 2 rings (SSSR count). The zero-order chi connectivity index (χ0) is 16.2. The molecule has 2 atom stereocenters. The molecule has 1 amide bonds. The summed E-state index contributed by atoms with van der Waals surface area (Å²) in [5, 5.41) is 6.13. The van der Waals surface area contributed by atoms with E-state index in [4.69, 9.17) is 0 Å². The van der Waals surface area contributed by atoms with Crippen molar-refractivity contribution in [2.75, 3.05) is 13.1 Å². The molecule has 2 unspecified atom stereocenters. The number of amides is 1. The number of alkyl halides is 3. The highest BCUT2D eigenvalue weighted by Gasteiger charge is 2.30. The first-order valence-corrected chi connectivity index (χ1v) is 7.53. The molecule has 0 saturated carbocycles. The highest BCUT2D eigenvalue weighted by atomic mass is 19.4. The van der Waals surface area contributed by atoms with Gasteiger partial charge < -0.3 is 10.6 Å². The molecule has 0 aromatic heterocycles. The van der Waals surface area contributed by atoms with Crippen molar-refractivity contribution in [3.8, 4) is 0 Å². The van der Waals surface area contributed by atoms with Crippen LogP contribution in [0.25, 0.3) is 0 Å². The van der Waals surface area contributed by atoms with Crippen LogP contribution < -0.4 is 10.6 Å². The molecule has 0 spiro atoms. The van der Waals surface area contributed by atoms with Crippen LogP contribution >= 0.6 is 0 Å². The lowest BCUT2D eigenvalue weighted by Crippen LogP contribution is -2.37. The van der Waals surface area contributed by atoms with E-state index >= 15 is 0 Å². The molecular weight excluding hydrogens is 293 g/mol. The predicted molar refractivity (Wildman–Crippen MR) is 78.5 cm³/mol. The Morgan fingerprint density at radius 2 is 2.23 bits per heavy atom. The molecule has 1 saturated heterocycles. The summed E-state index contributed by atoms with van der Waals surface area (Å²) in [6.07, 6.45) is -2.01. The molecule has 1 aliphatic heterocycles. The van der Waals surface area contributed by atoms with Gasteiger partial charge in [-0.25, -0.2) is 0 Å². The molecule has 3 nitrogen and oxygen atoms in total. The van der Waals surface area contributed by atoms with E-state index in [-0.39, 0.29) is 18.2 Å². The van der Waals surface area contributed by atoms with Crippen molar-refractivity contribution < 1.29 is 18.0 Å². The van der Waals surface area contributed by atoms with Crippen molar-refractivity contribution >= 4 is 5.91 Å². The second-order valence-corrected chi connectivity index (χ2v) is 5.83. The van der Waals surface area contributed by atoms with Crippen LogP contribution in [0.5, 0.6) is 0 Å². The standard InChI is InChI=1S/C16H21F3N2O/c1-11(8-15(22)21-10-14-6-3-7-20-14)12-4-2-5-13(9-12)16(17,18)19/h2,4-5,9,11,14,20H,3,6-8,10H2,1H3,(H,21,22). The maximum atomic E-state index is 12.7. The smallest absolute Gasteiger partial charge is 0.355 e. The van der Waals surface area contributed by atoms with Gasteiger partial charge in [0.1, 0.15) is 0 Å². The molecule has 1 aliphatic rings. The molecule has 0 aliphatic carbocycles. The predicted octanol–water partition coefficient (Wildman–Crippen LogP) is 3.07. The molecule has 6 heteroatoms. The van der Waals surface area contributed by atoms with Crippen molar-refractivity contribution in [1.82, 2.24) is 10.6 Å². The van der Waals surface area contributed by atoms with Crippen molar-refractivity contribution in [3.05, 3.63) is 35.4 Å². The number of carbonyl (C=O) groups excluding carboxylic acids is 1. The third-order valence-corrected chi connectivity index (χ3v) is 3.98. The van der Waals surface area contributed by atoms with Crippen LogP contribution in [0.4, 0.5) is 13.2 Å². The van der Waals surface area contributed by atoms with Gasteiger partial charge in [-0.3, -0.25) is 4.79 Å². The first-order valence-electron chi connectivity index (χ1n) is 7.53. The minimum atomic E-state index is -4.36. The molecule has 1 heterocycles. The van der Waals surface area contributed by atoms with Gasteiger partial charge in [-0.15, -0.1) is 0 Å². The van der Waals surface area contributed by atoms with Crippen molar-refractivity contribution in [3.63, 3.8) is 0 Å². The average Bonchev–Trinajstić information content (AvgIpc) is 2.97. The number of carbonyl (C=O) groups is 1. The summed E-state index contributed by atoms with van der Waals surface area (Å²) in [6, 6.07) is 5.49. The Kier molecular flexibility index (Phi) is 5.45. The van der Waals surface area contributed by atoms with Gasteiger partial charge in [-0.2, -0.15) is 13.2 Å². The third kappa shape index (κ3) is 4.73. The Bertz CT molecular complexity index is 510. The van der Waals surface area contributed by atoms with Crippen molar-refractivity contribution in [2.45, 2.75) is 44.3 Å². The number of halogens is 3. The molecule has 1 aromatic rings. The van der Waals surface area contributed by atoms with Gasteiger partial charge >= 0.3 is 6.18 Å². The summed E-state index contributed by atoms with van der Waals surface area (Å²) in [6.45, 7) is 3.32. The van der Waals surface area contributed by atoms with E-state index in [2.05, 4.69) is 10.6 Å². The molecule has 0 radical (unpaired) electrons. The van der Waals surface area contributed by atoms with Crippen LogP contribution in [0.15, 0.2) is 24.3 Å². The second-order valence-electron chi connectivity index (χ2n) is 5.83. The minimum absolute atomic E-state index is 0.126. The first kappa shape index (κ1) is 16.8. The monoisotopic (exact) mass is 314 g/mol. The summed E-state index contributed by atoms with van der Waals surface area (Å²) in [5.41, 5.74) is -0.142. The second kappa shape index (κ2) is 7.13. The Hall–Kier alpha value is -1.56. The number of hydrogen-bond donors (Lipinski definition) is 2. The molecule has 1 fully saturated rings. The van der Waals surface area contributed by atoms with Crippen LogP contribution in [0.2, 0.25) is 0 Å². The Morgan fingerprint density at radius 3 is 2.86 bits per heavy atom. The fourth-order valence-corrected chi connectivity index (χ4v) is 2.66. The van der Waals surface area contributed by atoms with Gasteiger partial charge in [0.2, 0.25) is 5.91 Å². The molecular formula is C16H21F3N2O. The number of benzene rings is 1. The normalized spacial score (nSPS) is 19.9. The van der Waals surface area contributed by atoms with E-state index in [0.717, 1.165) is 31.5 Å². The van der Waals surface area contributed by atoms with Crippen molar-refractivity contribution in [2.24, 2.45) is 0 Å². The summed E-state index contributed by atoms with van der Waals surface area (Å²) in [4.78, 5) is 11.9. The topological polar surface area (TPSA) is 41.1 Å². The van der Waals surface area contributed by atoms with Crippen LogP contribution in [0, 0.1) is 0 Å². The minimum Gasteiger partial charge on any atom is -0.355 e. The maximum absolute atomic E-state index is 12.7. The zero-order valence-electron chi connectivity index (χ0n) is 12.5. The highest BCUT2D eigenvalue weighted by molar-refractivity contribution is 5.76. The largest absolute Gasteiger partial charge is 0.416 e. The fraction of sp³-hybridized carbons (Fsp3) is 0.562. The Balaban J connectivity index is 1.88. The van der Waals surface area contributed by atoms with Gasteiger partial charge in [0.25, 0.3) is 0 Å². The lowest BCUT2D eigenvalue weighted by atomic mass is 9.95. The first-order chi connectivity index (χ1) is 10.4. The van der Waals surface area contributed by atoms with Crippen LogP contribution in [-0.4, -0.2) is 25.0 Å². The van der Waals surface area contributed by atoms with E-state index in [0.29, 0.717) is 18.2 Å². The zero-order valence-corrected chi connectivity index (χ0v) is 12.5. The quantitative estimate of drug-likeness (QED) is 0.877. The summed E-state index contributed by atoms with van der Waals surface area (Å²) in [7, 11) is 0. The number of hydrogen-bond acceptors (Lipinski definition) is 2. The van der Waals surface area contributed by atoms with E-state index in [1.165, 1.54) is 6.07 Å². The molecule has 1 aromatic carbocycles. The van der Waals surface area contributed by atoms with Crippen molar-refractivity contribution in [1.29, 1.82) is 0 Å². The maximum Gasteiger partial charge on any atom is 0.416 e. The van der Waals surface area contributed by atoms with E-state index in [1.54, 1.807) is 13.0 Å². The van der Waals surface area contributed by atoms with Gasteiger partial charge in [0, 0.05) is 19.0 Å². The van der Waals surface area contributed by atoms with Gasteiger partial charge in [0.15, 0.2) is 0 Å². The van der Waals surface area contributed by atoms with Crippen LogP contribution in [0.1, 0.15) is 43.2 Å². The van der Waals surface area contributed by atoms with Gasteiger partial charge in [0.05, 0.1) is 5.56 Å². The molecule has 122 valence electrons. The van der Waals surface area contributed by atoms with E-state index in [9.17, 15) is 18.0 Å². The van der Waals surface area contributed by atoms with Gasteiger partial charge in [-0.1, -0.05) is 25.1 Å². The summed E-state index contributed by atoms with van der Waals surface area (Å²) < 4.78 is 38.1. The Morgan fingerprint density at radius 1 is 1.45 bits per heavy atom.